The summed E-state index contributed by atoms with van der Waals surface area (Å²) in [6.45, 7) is 9.24. The highest BCUT2D eigenvalue weighted by atomic mass is 32.2. The molecular formula is C20H26O6S. The first-order chi connectivity index (χ1) is 13.0. The Morgan fingerprint density at radius 3 is 1.07 bits per heavy atom. The molecule has 7 heteroatoms. The summed E-state index contributed by atoms with van der Waals surface area (Å²) in [6, 6.07) is 6.20. The minimum atomic E-state index is 0.0621. The molecular weight excluding hydrogens is 368 g/mol. The van der Waals surface area contributed by atoms with Gasteiger partial charge in [0.15, 0.2) is 0 Å². The molecule has 148 valence electrons. The fraction of sp³-hybridized carbons (Fsp3) is 0.400. The lowest BCUT2D eigenvalue weighted by Gasteiger charge is -2.19. The predicted molar refractivity (Wildman–Crippen MR) is 105 cm³/mol. The summed E-state index contributed by atoms with van der Waals surface area (Å²) < 4.78 is 22.8. The Morgan fingerprint density at radius 2 is 0.852 bits per heavy atom. The quantitative estimate of drug-likeness (QED) is 0.597. The molecule has 0 fully saturated rings. The van der Waals surface area contributed by atoms with Crippen LogP contribution >= 0.6 is 11.8 Å². The number of benzene rings is 2. The molecule has 0 aromatic heterocycles. The van der Waals surface area contributed by atoms with E-state index in [0.717, 1.165) is 0 Å². The molecule has 0 aliphatic heterocycles. The number of phenolic OH excluding ortho intramolecular Hbond substituents is 2. The lowest BCUT2D eigenvalue weighted by molar-refractivity contribution is 0.302. The molecule has 0 unspecified atom stereocenters. The van der Waals surface area contributed by atoms with E-state index in [4.69, 9.17) is 18.9 Å². The van der Waals surface area contributed by atoms with Gasteiger partial charge in [0.05, 0.1) is 36.2 Å². The predicted octanol–water partition coefficient (Wildman–Crippen LogP) is 4.84. The van der Waals surface area contributed by atoms with Crippen LogP contribution in [-0.4, -0.2) is 36.6 Å². The van der Waals surface area contributed by atoms with Crippen molar-refractivity contribution in [3.8, 4) is 34.5 Å². The summed E-state index contributed by atoms with van der Waals surface area (Å²) >= 11 is 1.35. The molecule has 2 aromatic rings. The topological polar surface area (TPSA) is 77.4 Å². The van der Waals surface area contributed by atoms with E-state index < -0.39 is 0 Å². The van der Waals surface area contributed by atoms with Gasteiger partial charge in [0.2, 0.25) is 0 Å². The van der Waals surface area contributed by atoms with E-state index >= 15 is 0 Å². The van der Waals surface area contributed by atoms with Crippen molar-refractivity contribution in [2.45, 2.75) is 37.5 Å². The minimum Gasteiger partial charge on any atom is -0.508 e. The van der Waals surface area contributed by atoms with Crippen molar-refractivity contribution < 1.29 is 29.2 Å². The second-order valence-electron chi connectivity index (χ2n) is 5.38. The first-order valence-electron chi connectivity index (χ1n) is 8.96. The first-order valence-corrected chi connectivity index (χ1v) is 9.78. The van der Waals surface area contributed by atoms with Crippen LogP contribution in [0.25, 0.3) is 0 Å². The maximum Gasteiger partial charge on any atom is 0.140 e. The molecule has 2 aromatic carbocycles. The number of hydrogen-bond acceptors (Lipinski definition) is 7. The van der Waals surface area contributed by atoms with Gasteiger partial charge in [0, 0.05) is 24.3 Å². The summed E-state index contributed by atoms with van der Waals surface area (Å²) in [7, 11) is 0. The molecule has 0 saturated carbocycles. The molecule has 0 aliphatic rings. The Kier molecular flexibility index (Phi) is 7.79. The summed E-state index contributed by atoms with van der Waals surface area (Å²) in [5.74, 6) is 2.14. The van der Waals surface area contributed by atoms with Gasteiger partial charge in [-0.1, -0.05) is 11.8 Å². The number of rotatable bonds is 10. The first kappa shape index (κ1) is 20.9. The van der Waals surface area contributed by atoms with Gasteiger partial charge in [0.25, 0.3) is 0 Å². The van der Waals surface area contributed by atoms with Crippen LogP contribution in [0.3, 0.4) is 0 Å². The number of phenols is 2. The summed E-state index contributed by atoms with van der Waals surface area (Å²) in [5.41, 5.74) is 0. The average Bonchev–Trinajstić information content (AvgIpc) is 2.60. The van der Waals surface area contributed by atoms with Gasteiger partial charge in [-0.15, -0.1) is 0 Å². The molecule has 0 spiro atoms. The monoisotopic (exact) mass is 394 g/mol. The van der Waals surface area contributed by atoms with Crippen molar-refractivity contribution >= 4 is 11.8 Å². The fourth-order valence-electron chi connectivity index (χ4n) is 2.48. The Hall–Kier alpha value is -2.41. The Labute approximate surface area is 164 Å². The maximum atomic E-state index is 10.0. The third-order valence-electron chi connectivity index (χ3n) is 3.41. The summed E-state index contributed by atoms with van der Waals surface area (Å²) in [6.07, 6.45) is 0. The van der Waals surface area contributed by atoms with Crippen molar-refractivity contribution in [1.29, 1.82) is 0 Å². The molecule has 27 heavy (non-hydrogen) atoms. The van der Waals surface area contributed by atoms with E-state index in [0.29, 0.717) is 59.2 Å². The molecule has 0 heterocycles. The second-order valence-corrected chi connectivity index (χ2v) is 6.40. The third kappa shape index (κ3) is 5.29. The van der Waals surface area contributed by atoms with E-state index in [1.165, 1.54) is 11.8 Å². The lowest BCUT2D eigenvalue weighted by atomic mass is 10.3. The van der Waals surface area contributed by atoms with E-state index in [2.05, 4.69) is 0 Å². The van der Waals surface area contributed by atoms with Crippen molar-refractivity contribution in [1.82, 2.24) is 0 Å². The highest BCUT2D eigenvalue weighted by molar-refractivity contribution is 7.99. The van der Waals surface area contributed by atoms with Crippen LogP contribution in [0.2, 0.25) is 0 Å². The largest absolute Gasteiger partial charge is 0.508 e. The lowest BCUT2D eigenvalue weighted by Crippen LogP contribution is -2.01. The Bertz CT molecular complexity index is 645. The Balaban J connectivity index is 2.60. The van der Waals surface area contributed by atoms with Crippen LogP contribution < -0.4 is 18.9 Å². The molecule has 0 amide bonds. The zero-order valence-electron chi connectivity index (χ0n) is 16.1. The van der Waals surface area contributed by atoms with Crippen molar-refractivity contribution in [3.05, 3.63) is 24.3 Å². The van der Waals surface area contributed by atoms with Crippen LogP contribution in [0.5, 0.6) is 34.5 Å². The molecule has 0 radical (unpaired) electrons. The summed E-state index contributed by atoms with van der Waals surface area (Å²) in [4.78, 5) is 1.40. The fourth-order valence-corrected chi connectivity index (χ4v) is 3.56. The SMILES string of the molecule is CCOc1cc(O)cc(OCC)c1Sc1c(OCC)cc(O)cc1OCC. The highest BCUT2D eigenvalue weighted by Crippen LogP contribution is 2.50. The second kappa shape index (κ2) is 10.1. The van der Waals surface area contributed by atoms with E-state index in [1.54, 1.807) is 24.3 Å². The van der Waals surface area contributed by atoms with Gasteiger partial charge in [-0.25, -0.2) is 0 Å². The van der Waals surface area contributed by atoms with Crippen LogP contribution in [0, 0.1) is 0 Å². The molecule has 0 atom stereocenters. The number of hydrogen-bond donors (Lipinski definition) is 2. The smallest absolute Gasteiger partial charge is 0.140 e. The van der Waals surface area contributed by atoms with Crippen molar-refractivity contribution in [3.63, 3.8) is 0 Å². The summed E-state index contributed by atoms with van der Waals surface area (Å²) in [5, 5.41) is 20.0. The van der Waals surface area contributed by atoms with Gasteiger partial charge in [-0.05, 0) is 27.7 Å². The number of ether oxygens (including phenoxy) is 4. The van der Waals surface area contributed by atoms with Crippen molar-refractivity contribution in [2.75, 3.05) is 26.4 Å². The highest BCUT2D eigenvalue weighted by Gasteiger charge is 2.21. The van der Waals surface area contributed by atoms with Crippen LogP contribution in [0.4, 0.5) is 0 Å². The van der Waals surface area contributed by atoms with Gasteiger partial charge in [-0.3, -0.25) is 0 Å². The Morgan fingerprint density at radius 1 is 0.593 bits per heavy atom. The van der Waals surface area contributed by atoms with E-state index in [9.17, 15) is 10.2 Å². The van der Waals surface area contributed by atoms with E-state index in [1.807, 2.05) is 27.7 Å². The van der Waals surface area contributed by atoms with Gasteiger partial charge < -0.3 is 29.2 Å². The van der Waals surface area contributed by atoms with Gasteiger partial charge >= 0.3 is 0 Å². The normalized spacial score (nSPS) is 10.5. The third-order valence-corrected chi connectivity index (χ3v) is 4.63. The van der Waals surface area contributed by atoms with Crippen LogP contribution in [-0.2, 0) is 0 Å². The standard InChI is InChI=1S/C20H26O6S/c1-5-23-15-9-13(21)10-16(24-6-2)19(15)27-20-17(25-7-3)11-14(22)12-18(20)26-8-4/h9-12,21-22H,5-8H2,1-4H3. The van der Waals surface area contributed by atoms with E-state index in [-0.39, 0.29) is 11.5 Å². The van der Waals surface area contributed by atoms with Crippen LogP contribution in [0.15, 0.2) is 34.1 Å². The number of aromatic hydroxyl groups is 2. The van der Waals surface area contributed by atoms with Gasteiger partial charge in [0.1, 0.15) is 34.5 Å². The maximum absolute atomic E-state index is 10.0. The van der Waals surface area contributed by atoms with Crippen LogP contribution in [0.1, 0.15) is 27.7 Å². The molecule has 0 saturated heterocycles. The zero-order valence-corrected chi connectivity index (χ0v) is 16.9. The average molecular weight is 394 g/mol. The molecule has 6 nitrogen and oxygen atoms in total. The van der Waals surface area contributed by atoms with Crippen molar-refractivity contribution in [2.24, 2.45) is 0 Å². The minimum absolute atomic E-state index is 0.0621. The molecule has 0 aliphatic carbocycles. The molecule has 2 N–H and O–H groups in total. The zero-order chi connectivity index (χ0) is 19.8. The van der Waals surface area contributed by atoms with Gasteiger partial charge in [-0.2, -0.15) is 0 Å². The molecule has 2 rings (SSSR count). The molecule has 0 bridgehead atoms.